The average molecular weight is 485 g/mol. The van der Waals surface area contributed by atoms with Crippen molar-refractivity contribution in [3.8, 4) is 0 Å². The topological polar surface area (TPSA) is 50.1 Å². The Morgan fingerprint density at radius 1 is 0.912 bits per heavy atom. The maximum atomic E-state index is 13.2. The number of piperazine rings is 1. The van der Waals surface area contributed by atoms with Crippen molar-refractivity contribution in [3.63, 3.8) is 0 Å². The molecule has 1 aliphatic rings. The van der Waals surface area contributed by atoms with Gasteiger partial charge in [-0.25, -0.2) is 4.68 Å². The van der Waals surface area contributed by atoms with E-state index in [0.29, 0.717) is 38.4 Å². The van der Waals surface area contributed by atoms with Gasteiger partial charge in [-0.15, -0.1) is 16.4 Å². The quantitative estimate of drug-likeness (QED) is 0.397. The molecular formula is C24H23F3N6S. The molecule has 0 unspecified atom stereocenters. The number of alkyl halides is 3. The lowest BCUT2D eigenvalue weighted by Crippen LogP contribution is -2.48. The molecule has 1 fully saturated rings. The number of halogens is 3. The van der Waals surface area contributed by atoms with E-state index in [4.69, 9.17) is 0 Å². The van der Waals surface area contributed by atoms with Crippen LogP contribution in [0, 0.1) is 0 Å². The fourth-order valence-electron chi connectivity index (χ4n) is 4.31. The molecular weight excluding hydrogens is 461 g/mol. The Morgan fingerprint density at radius 3 is 2.41 bits per heavy atom. The summed E-state index contributed by atoms with van der Waals surface area (Å²) < 4.78 is 41.3. The molecule has 176 valence electrons. The molecule has 10 heteroatoms. The summed E-state index contributed by atoms with van der Waals surface area (Å²) in [4.78, 5) is 5.45. The highest BCUT2D eigenvalue weighted by Crippen LogP contribution is 2.34. The minimum absolute atomic E-state index is 0.123. The largest absolute Gasteiger partial charge is 0.416 e. The molecule has 0 saturated carbocycles. The summed E-state index contributed by atoms with van der Waals surface area (Å²) in [6.45, 7) is 3.15. The second-order valence-corrected chi connectivity index (χ2v) is 9.15. The van der Waals surface area contributed by atoms with Crippen LogP contribution in [-0.4, -0.2) is 51.3 Å². The molecule has 1 aliphatic heterocycles. The van der Waals surface area contributed by atoms with Gasteiger partial charge in [0.1, 0.15) is 6.04 Å². The van der Waals surface area contributed by atoms with E-state index in [1.54, 1.807) is 17.4 Å². The monoisotopic (exact) mass is 484 g/mol. The van der Waals surface area contributed by atoms with Gasteiger partial charge in [0, 0.05) is 36.7 Å². The Morgan fingerprint density at radius 2 is 1.71 bits per heavy atom. The van der Waals surface area contributed by atoms with E-state index >= 15 is 0 Å². The molecule has 6 nitrogen and oxygen atoms in total. The Kier molecular flexibility index (Phi) is 6.34. The standard InChI is InChI=1S/C24H23F3N6S/c25-24(26,27)19-8-4-9-20(16-19)31-11-13-32(14-12-31)22(21-10-5-15-34-21)23-28-29-30-33(23)17-18-6-2-1-3-7-18/h1-10,15-16,22H,11-14,17H2/t22-/m1/s1. The highest BCUT2D eigenvalue weighted by molar-refractivity contribution is 7.10. The number of hydrogen-bond donors (Lipinski definition) is 0. The van der Waals surface area contributed by atoms with Crippen LogP contribution in [0.4, 0.5) is 18.9 Å². The van der Waals surface area contributed by atoms with E-state index < -0.39 is 11.7 Å². The zero-order valence-electron chi connectivity index (χ0n) is 18.3. The van der Waals surface area contributed by atoms with Crippen molar-refractivity contribution in [2.45, 2.75) is 18.8 Å². The van der Waals surface area contributed by atoms with Gasteiger partial charge < -0.3 is 4.90 Å². The minimum atomic E-state index is -4.35. The van der Waals surface area contributed by atoms with E-state index in [9.17, 15) is 13.2 Å². The number of aromatic nitrogens is 4. The molecule has 0 bridgehead atoms. The summed E-state index contributed by atoms with van der Waals surface area (Å²) in [5.74, 6) is 0.763. The fraction of sp³-hybridized carbons (Fsp3) is 0.292. The van der Waals surface area contributed by atoms with Gasteiger partial charge in [0.05, 0.1) is 12.1 Å². The van der Waals surface area contributed by atoms with Crippen molar-refractivity contribution in [1.29, 1.82) is 0 Å². The van der Waals surface area contributed by atoms with E-state index in [-0.39, 0.29) is 6.04 Å². The molecule has 1 saturated heterocycles. The molecule has 0 N–H and O–H groups in total. The van der Waals surface area contributed by atoms with E-state index in [1.165, 1.54) is 12.1 Å². The van der Waals surface area contributed by atoms with Crippen molar-refractivity contribution in [3.05, 3.63) is 93.9 Å². The number of anilines is 1. The highest BCUT2D eigenvalue weighted by atomic mass is 32.1. The van der Waals surface area contributed by atoms with Crippen LogP contribution in [0.25, 0.3) is 0 Å². The van der Waals surface area contributed by atoms with Gasteiger partial charge in [0.2, 0.25) is 0 Å². The van der Waals surface area contributed by atoms with E-state index in [2.05, 4.69) is 26.5 Å². The van der Waals surface area contributed by atoms with Crippen molar-refractivity contribution in [2.24, 2.45) is 0 Å². The first kappa shape index (κ1) is 22.5. The first-order valence-corrected chi connectivity index (χ1v) is 11.9. The highest BCUT2D eigenvalue weighted by Gasteiger charge is 2.33. The third-order valence-electron chi connectivity index (χ3n) is 6.01. The molecule has 34 heavy (non-hydrogen) atoms. The number of thiophene rings is 1. The van der Waals surface area contributed by atoms with Crippen LogP contribution >= 0.6 is 11.3 Å². The van der Waals surface area contributed by atoms with Crippen LogP contribution < -0.4 is 4.90 Å². The Balaban J connectivity index is 1.36. The van der Waals surface area contributed by atoms with E-state index in [0.717, 1.165) is 22.3 Å². The lowest BCUT2D eigenvalue weighted by molar-refractivity contribution is -0.137. The number of benzene rings is 2. The first-order valence-electron chi connectivity index (χ1n) is 11.0. The third-order valence-corrected chi connectivity index (χ3v) is 6.93. The van der Waals surface area contributed by atoms with Crippen LogP contribution in [0.2, 0.25) is 0 Å². The number of tetrazole rings is 1. The maximum absolute atomic E-state index is 13.2. The van der Waals surface area contributed by atoms with Gasteiger partial charge in [-0.1, -0.05) is 42.5 Å². The number of rotatable bonds is 6. The molecule has 0 spiro atoms. The minimum Gasteiger partial charge on any atom is -0.369 e. The van der Waals surface area contributed by atoms with Crippen LogP contribution in [0.3, 0.4) is 0 Å². The second-order valence-electron chi connectivity index (χ2n) is 8.17. The van der Waals surface area contributed by atoms with Crippen LogP contribution in [-0.2, 0) is 12.7 Å². The summed E-state index contributed by atoms with van der Waals surface area (Å²) >= 11 is 1.65. The van der Waals surface area contributed by atoms with Crippen LogP contribution in [0.5, 0.6) is 0 Å². The third kappa shape index (κ3) is 4.83. The Hall–Kier alpha value is -3.24. The van der Waals surface area contributed by atoms with Gasteiger partial charge >= 0.3 is 6.18 Å². The molecule has 0 radical (unpaired) electrons. The summed E-state index contributed by atoms with van der Waals surface area (Å²) in [5.41, 5.74) is 1.08. The van der Waals surface area contributed by atoms with Crippen LogP contribution in [0.15, 0.2) is 72.1 Å². The Bertz CT molecular complexity index is 1200. The van der Waals surface area contributed by atoms with Gasteiger partial charge in [0.15, 0.2) is 5.82 Å². The van der Waals surface area contributed by atoms with E-state index in [1.807, 2.05) is 51.4 Å². The summed E-state index contributed by atoms with van der Waals surface area (Å²) in [6, 6.07) is 19.5. The molecule has 2 aromatic heterocycles. The molecule has 0 amide bonds. The molecule has 5 rings (SSSR count). The fourth-order valence-corrected chi connectivity index (χ4v) is 5.17. The average Bonchev–Trinajstić information content (AvgIpc) is 3.53. The van der Waals surface area contributed by atoms with Crippen molar-refractivity contribution >= 4 is 17.0 Å². The number of hydrogen-bond acceptors (Lipinski definition) is 6. The van der Waals surface area contributed by atoms with Gasteiger partial charge in [-0.05, 0) is 45.6 Å². The molecule has 4 aromatic rings. The zero-order chi connectivity index (χ0) is 23.5. The van der Waals surface area contributed by atoms with Gasteiger partial charge in [-0.3, -0.25) is 4.90 Å². The number of nitrogens with zero attached hydrogens (tertiary/aromatic N) is 6. The van der Waals surface area contributed by atoms with Crippen molar-refractivity contribution in [2.75, 3.05) is 31.1 Å². The molecule has 1 atom stereocenters. The normalized spacial score (nSPS) is 16.0. The predicted octanol–water partition coefficient (Wildman–Crippen LogP) is 4.71. The molecule has 3 heterocycles. The maximum Gasteiger partial charge on any atom is 0.416 e. The molecule has 0 aliphatic carbocycles. The summed E-state index contributed by atoms with van der Waals surface area (Å²) in [7, 11) is 0. The predicted molar refractivity (Wildman–Crippen MR) is 125 cm³/mol. The SMILES string of the molecule is FC(F)(F)c1cccc(N2CCN([C@H](c3cccs3)c3nnnn3Cc3ccccc3)CC2)c1. The summed E-state index contributed by atoms with van der Waals surface area (Å²) in [6.07, 6.45) is -4.35. The zero-order valence-corrected chi connectivity index (χ0v) is 19.1. The second kappa shape index (κ2) is 9.55. The lowest BCUT2D eigenvalue weighted by Gasteiger charge is -2.39. The lowest BCUT2D eigenvalue weighted by atomic mass is 10.1. The molecule has 2 aromatic carbocycles. The van der Waals surface area contributed by atoms with Crippen molar-refractivity contribution < 1.29 is 13.2 Å². The van der Waals surface area contributed by atoms with Gasteiger partial charge in [-0.2, -0.15) is 13.2 Å². The van der Waals surface area contributed by atoms with Crippen LogP contribution in [0.1, 0.15) is 27.9 Å². The summed E-state index contributed by atoms with van der Waals surface area (Å²) in [5, 5.41) is 14.6. The first-order chi connectivity index (χ1) is 16.5. The Labute approximate surface area is 199 Å². The van der Waals surface area contributed by atoms with Crippen molar-refractivity contribution in [1.82, 2.24) is 25.1 Å². The smallest absolute Gasteiger partial charge is 0.369 e. The van der Waals surface area contributed by atoms with Gasteiger partial charge in [0.25, 0.3) is 0 Å².